The number of aliphatic imine (C=N–C) groups is 1. The van der Waals surface area contributed by atoms with Crippen LogP contribution in [0, 0.1) is 13.8 Å². The molecule has 0 bridgehead atoms. The topological polar surface area (TPSA) is 110 Å². The molecule has 3 aromatic rings. The van der Waals surface area contributed by atoms with E-state index in [1.807, 2.05) is 32.0 Å². The van der Waals surface area contributed by atoms with E-state index < -0.39 is 5.97 Å². The molecule has 1 amide bonds. The number of rotatable bonds is 7. The normalized spacial score (nSPS) is 15.6. The number of nitrogens with one attached hydrogen (secondary N) is 1. The number of benzene rings is 2. The highest BCUT2D eigenvalue weighted by Crippen LogP contribution is 2.33. The van der Waals surface area contributed by atoms with Crippen molar-refractivity contribution in [3.05, 3.63) is 81.6 Å². The summed E-state index contributed by atoms with van der Waals surface area (Å²) in [7, 11) is 1.51. The number of carboxylic acid groups (broad SMARTS) is 1. The van der Waals surface area contributed by atoms with Gasteiger partial charge in [-0.3, -0.25) is 4.79 Å². The zero-order valence-electron chi connectivity index (χ0n) is 18.7. The van der Waals surface area contributed by atoms with Gasteiger partial charge in [-0.05, 0) is 73.1 Å². The fourth-order valence-corrected chi connectivity index (χ4v) is 4.12. The van der Waals surface area contributed by atoms with Crippen molar-refractivity contribution in [2.75, 3.05) is 7.11 Å². The third kappa shape index (κ3) is 5.32. The van der Waals surface area contributed by atoms with Gasteiger partial charge < -0.3 is 24.3 Å². The van der Waals surface area contributed by atoms with Gasteiger partial charge in [0.15, 0.2) is 16.7 Å². The lowest BCUT2D eigenvalue weighted by Gasteiger charge is -2.10. The number of aryl methyl sites for hydroxylation is 2. The fraction of sp³-hybridized carbons (Fsp3) is 0.160. The number of amides is 1. The summed E-state index contributed by atoms with van der Waals surface area (Å²) in [5.41, 5.74) is 3.75. The highest BCUT2D eigenvalue weighted by Gasteiger charge is 2.24. The fourth-order valence-electron chi connectivity index (χ4n) is 3.28. The Morgan fingerprint density at radius 1 is 1.15 bits per heavy atom. The Labute approximate surface area is 200 Å². The number of amidine groups is 1. The average Bonchev–Trinajstić information content (AvgIpc) is 3.41. The quantitative estimate of drug-likeness (QED) is 0.456. The van der Waals surface area contributed by atoms with Crippen molar-refractivity contribution in [3.63, 3.8) is 0 Å². The van der Waals surface area contributed by atoms with Crippen LogP contribution in [0.15, 0.2) is 62.8 Å². The van der Waals surface area contributed by atoms with Crippen molar-refractivity contribution in [1.29, 1.82) is 0 Å². The molecule has 0 unspecified atom stereocenters. The molecule has 8 nitrogen and oxygen atoms in total. The number of carbonyl (C=O) groups excluding carboxylic acids is 1. The van der Waals surface area contributed by atoms with E-state index in [0.717, 1.165) is 22.4 Å². The Morgan fingerprint density at radius 2 is 1.97 bits per heavy atom. The Balaban J connectivity index is 1.48. The summed E-state index contributed by atoms with van der Waals surface area (Å²) in [6, 6.07) is 14.1. The number of carbonyl (C=O) groups is 2. The van der Waals surface area contributed by atoms with Gasteiger partial charge in [-0.15, -0.1) is 0 Å². The summed E-state index contributed by atoms with van der Waals surface area (Å²) >= 11 is 1.27. The molecule has 0 aliphatic carbocycles. The summed E-state index contributed by atoms with van der Waals surface area (Å²) in [5.74, 6) is -0.219. The molecular formula is C25H22N2O6S. The second-order valence-corrected chi connectivity index (χ2v) is 8.57. The molecule has 1 aliphatic rings. The predicted octanol–water partition coefficient (Wildman–Crippen LogP) is 5.07. The van der Waals surface area contributed by atoms with Gasteiger partial charge in [-0.1, -0.05) is 23.8 Å². The van der Waals surface area contributed by atoms with Crippen LogP contribution in [0.1, 0.15) is 33.0 Å². The van der Waals surface area contributed by atoms with Crippen LogP contribution < -0.4 is 14.8 Å². The minimum absolute atomic E-state index is 0.0422. The highest BCUT2D eigenvalue weighted by molar-refractivity contribution is 8.18. The van der Waals surface area contributed by atoms with Gasteiger partial charge in [0.05, 0.1) is 17.7 Å². The maximum atomic E-state index is 12.5. The number of carboxylic acids is 1. The molecule has 34 heavy (non-hydrogen) atoms. The first-order valence-electron chi connectivity index (χ1n) is 10.3. The van der Waals surface area contributed by atoms with E-state index in [-0.39, 0.29) is 18.3 Å². The van der Waals surface area contributed by atoms with E-state index in [4.69, 9.17) is 19.0 Å². The number of hydrogen-bond acceptors (Lipinski definition) is 7. The van der Waals surface area contributed by atoms with Crippen molar-refractivity contribution < 1.29 is 28.6 Å². The van der Waals surface area contributed by atoms with Crippen molar-refractivity contribution >= 4 is 40.6 Å². The lowest BCUT2D eigenvalue weighted by Crippen LogP contribution is -2.19. The SMILES string of the molecule is COc1cc(C=C2SC(=Nc3ccc(C)cc3C)NC2=O)ccc1OCc1ccc(C(=O)O)o1. The number of aromatic carboxylic acids is 1. The van der Waals surface area contributed by atoms with Crippen LogP contribution in [-0.2, 0) is 11.4 Å². The van der Waals surface area contributed by atoms with Gasteiger partial charge in [0.1, 0.15) is 12.4 Å². The predicted molar refractivity (Wildman–Crippen MR) is 130 cm³/mol. The molecule has 0 spiro atoms. The maximum Gasteiger partial charge on any atom is 0.371 e. The summed E-state index contributed by atoms with van der Waals surface area (Å²) in [5, 5.41) is 12.3. The molecule has 0 saturated carbocycles. The van der Waals surface area contributed by atoms with Crippen molar-refractivity contribution in [1.82, 2.24) is 5.32 Å². The van der Waals surface area contributed by atoms with Gasteiger partial charge in [0, 0.05) is 0 Å². The highest BCUT2D eigenvalue weighted by atomic mass is 32.2. The minimum Gasteiger partial charge on any atom is -0.493 e. The van der Waals surface area contributed by atoms with Gasteiger partial charge in [0.2, 0.25) is 5.76 Å². The number of hydrogen-bond donors (Lipinski definition) is 2. The lowest BCUT2D eigenvalue weighted by molar-refractivity contribution is -0.115. The van der Waals surface area contributed by atoms with Crippen LogP contribution in [0.2, 0.25) is 0 Å². The Morgan fingerprint density at radius 3 is 2.68 bits per heavy atom. The second kappa shape index (κ2) is 9.88. The van der Waals surface area contributed by atoms with E-state index in [1.165, 1.54) is 24.9 Å². The van der Waals surface area contributed by atoms with Crippen molar-refractivity contribution in [2.24, 2.45) is 4.99 Å². The molecule has 2 aromatic carbocycles. The monoisotopic (exact) mass is 478 g/mol. The van der Waals surface area contributed by atoms with Gasteiger partial charge in [0.25, 0.3) is 5.91 Å². The second-order valence-electron chi connectivity index (χ2n) is 7.54. The van der Waals surface area contributed by atoms with Gasteiger partial charge >= 0.3 is 5.97 Å². The van der Waals surface area contributed by atoms with Crippen molar-refractivity contribution in [2.45, 2.75) is 20.5 Å². The molecular weight excluding hydrogens is 456 g/mol. The summed E-state index contributed by atoms with van der Waals surface area (Å²) in [4.78, 5) is 28.5. The zero-order chi connectivity index (χ0) is 24.2. The largest absolute Gasteiger partial charge is 0.493 e. The Bertz CT molecular complexity index is 1320. The van der Waals surface area contributed by atoms with E-state index in [0.29, 0.717) is 27.3 Å². The van der Waals surface area contributed by atoms with Crippen molar-refractivity contribution in [3.8, 4) is 11.5 Å². The summed E-state index contributed by atoms with van der Waals surface area (Å²) < 4.78 is 16.3. The molecule has 0 radical (unpaired) electrons. The van der Waals surface area contributed by atoms with E-state index in [2.05, 4.69) is 10.3 Å². The summed E-state index contributed by atoms with van der Waals surface area (Å²) in [6.07, 6.45) is 1.75. The number of furan rings is 1. The zero-order valence-corrected chi connectivity index (χ0v) is 19.6. The first-order chi connectivity index (χ1) is 16.3. The number of ether oxygens (including phenoxy) is 2. The Hall–Kier alpha value is -3.98. The van der Waals surface area contributed by atoms with Crippen LogP contribution in [0.4, 0.5) is 5.69 Å². The average molecular weight is 479 g/mol. The van der Waals surface area contributed by atoms with Gasteiger partial charge in [-0.25, -0.2) is 9.79 Å². The maximum absolute atomic E-state index is 12.5. The molecule has 174 valence electrons. The van der Waals surface area contributed by atoms with Crippen LogP contribution in [0.3, 0.4) is 0 Å². The molecule has 0 atom stereocenters. The first-order valence-corrected chi connectivity index (χ1v) is 11.1. The molecule has 1 fully saturated rings. The standard InChI is InChI=1S/C25H22N2O6S/c1-14-4-7-18(15(2)10-14)26-25-27-23(28)22(34-25)12-16-5-8-19(21(11-16)31-3)32-13-17-6-9-20(33-17)24(29)30/h4-12H,13H2,1-3H3,(H,29,30)(H,26,27,28). The third-order valence-corrected chi connectivity index (χ3v) is 5.86. The van der Waals surface area contributed by atoms with E-state index in [1.54, 1.807) is 30.3 Å². The number of nitrogens with zero attached hydrogens (tertiary/aromatic N) is 1. The van der Waals surface area contributed by atoms with Crippen LogP contribution in [0.5, 0.6) is 11.5 Å². The van der Waals surface area contributed by atoms with Crippen LogP contribution >= 0.6 is 11.8 Å². The molecule has 1 aliphatic heterocycles. The molecule has 1 aromatic heterocycles. The molecule has 9 heteroatoms. The van der Waals surface area contributed by atoms with Crippen LogP contribution in [0.25, 0.3) is 6.08 Å². The molecule has 2 heterocycles. The number of thioether (sulfide) groups is 1. The summed E-state index contributed by atoms with van der Waals surface area (Å²) in [6.45, 7) is 4.05. The number of methoxy groups -OCH3 is 1. The molecule has 1 saturated heterocycles. The molecule has 2 N–H and O–H groups in total. The van der Waals surface area contributed by atoms with E-state index in [9.17, 15) is 9.59 Å². The first kappa shape index (κ1) is 23.2. The van der Waals surface area contributed by atoms with E-state index >= 15 is 0 Å². The smallest absolute Gasteiger partial charge is 0.371 e. The Kier molecular flexibility index (Phi) is 6.74. The van der Waals surface area contributed by atoms with Crippen LogP contribution in [-0.4, -0.2) is 29.3 Å². The minimum atomic E-state index is -1.14. The lowest BCUT2D eigenvalue weighted by atomic mass is 10.1. The molecule has 4 rings (SSSR count). The third-order valence-electron chi connectivity index (χ3n) is 4.95. The van der Waals surface area contributed by atoms with Gasteiger partial charge in [-0.2, -0.15) is 0 Å².